The van der Waals surface area contributed by atoms with Crippen molar-refractivity contribution in [2.75, 3.05) is 36.0 Å². The summed E-state index contributed by atoms with van der Waals surface area (Å²) in [5.41, 5.74) is 0. The van der Waals surface area contributed by atoms with E-state index in [0.29, 0.717) is 11.7 Å². The van der Waals surface area contributed by atoms with Crippen LogP contribution >= 0.6 is 11.3 Å². The smallest absolute Gasteiger partial charge is 0.229 e. The van der Waals surface area contributed by atoms with Gasteiger partial charge in [0.05, 0.1) is 17.4 Å². The number of rotatable bonds is 2. The van der Waals surface area contributed by atoms with Crippen molar-refractivity contribution in [3.05, 3.63) is 11.6 Å². The Kier molecular flexibility index (Phi) is 3.70. The van der Waals surface area contributed by atoms with Crippen molar-refractivity contribution in [3.63, 3.8) is 0 Å². The van der Waals surface area contributed by atoms with Gasteiger partial charge < -0.3 is 4.90 Å². The summed E-state index contributed by atoms with van der Waals surface area (Å²) in [6.45, 7) is 0.778. The van der Waals surface area contributed by atoms with Gasteiger partial charge in [-0.1, -0.05) is 0 Å². The van der Waals surface area contributed by atoms with Crippen LogP contribution in [0.1, 0.15) is 6.42 Å². The minimum Gasteiger partial charge on any atom is -0.340 e. The third kappa shape index (κ3) is 2.93. The molecule has 7 nitrogen and oxygen atoms in total. The van der Waals surface area contributed by atoms with Crippen LogP contribution in [0.4, 0.5) is 5.13 Å². The van der Waals surface area contributed by atoms with Gasteiger partial charge in [-0.15, -0.1) is 11.3 Å². The maximum absolute atomic E-state index is 12.4. The molecule has 1 unspecified atom stereocenters. The van der Waals surface area contributed by atoms with E-state index in [1.54, 1.807) is 16.5 Å². The van der Waals surface area contributed by atoms with Gasteiger partial charge in [0.15, 0.2) is 15.0 Å². The number of nitrogens with zero attached hydrogens (tertiary/aromatic N) is 3. The number of sulfone groups is 1. The molecular formula is C12H15N3O4S2. The van der Waals surface area contributed by atoms with Crippen molar-refractivity contribution in [2.24, 2.45) is 5.92 Å². The van der Waals surface area contributed by atoms with Crippen molar-refractivity contribution < 1.29 is 18.0 Å². The van der Waals surface area contributed by atoms with Gasteiger partial charge >= 0.3 is 0 Å². The highest BCUT2D eigenvalue weighted by Gasteiger charge is 2.39. The highest BCUT2D eigenvalue weighted by atomic mass is 32.2. The van der Waals surface area contributed by atoms with Gasteiger partial charge in [-0.05, 0) is 0 Å². The van der Waals surface area contributed by atoms with E-state index in [2.05, 4.69) is 4.98 Å². The van der Waals surface area contributed by atoms with Crippen LogP contribution in [0.3, 0.4) is 0 Å². The van der Waals surface area contributed by atoms with Crippen LogP contribution in [0.2, 0.25) is 0 Å². The Morgan fingerprint density at radius 1 is 1.33 bits per heavy atom. The first-order valence-electron chi connectivity index (χ1n) is 6.65. The normalized spacial score (nSPS) is 25.3. The van der Waals surface area contributed by atoms with Gasteiger partial charge in [0, 0.05) is 37.6 Å². The lowest BCUT2D eigenvalue weighted by molar-refractivity contribution is -0.135. The van der Waals surface area contributed by atoms with Crippen LogP contribution in [0.5, 0.6) is 0 Å². The summed E-state index contributed by atoms with van der Waals surface area (Å²) in [6.07, 6.45) is 1.79. The van der Waals surface area contributed by atoms with Gasteiger partial charge in [0.1, 0.15) is 0 Å². The van der Waals surface area contributed by atoms with Crippen molar-refractivity contribution in [1.29, 1.82) is 0 Å². The molecule has 1 atom stereocenters. The average molecular weight is 329 g/mol. The summed E-state index contributed by atoms with van der Waals surface area (Å²) in [5.74, 6) is -0.613. The first kappa shape index (κ1) is 14.5. The fourth-order valence-electron chi connectivity index (χ4n) is 2.60. The molecule has 0 N–H and O–H groups in total. The monoisotopic (exact) mass is 329 g/mol. The molecule has 2 saturated heterocycles. The highest BCUT2D eigenvalue weighted by Crippen LogP contribution is 2.28. The molecule has 2 aliphatic heterocycles. The molecule has 114 valence electrons. The van der Waals surface area contributed by atoms with Crippen molar-refractivity contribution in [2.45, 2.75) is 6.42 Å². The zero-order chi connectivity index (χ0) is 15.0. The Hall–Kier alpha value is -1.48. The van der Waals surface area contributed by atoms with E-state index in [-0.39, 0.29) is 42.8 Å². The molecule has 0 spiro atoms. The molecule has 1 aromatic rings. The average Bonchev–Trinajstić information content (AvgIpc) is 3.07. The summed E-state index contributed by atoms with van der Waals surface area (Å²) in [4.78, 5) is 31.6. The standard InChI is InChI=1S/C12H15N3O4S2/c16-10-7-9(8-15(10)12-13-1-4-20-12)11(17)14-2-5-21(18,19)6-3-14/h1,4,9H,2-3,5-8H2. The SMILES string of the molecule is O=C(C1CC(=O)N(c2nccs2)C1)N1CCS(=O)(=O)CC1. The molecule has 0 aliphatic carbocycles. The minimum absolute atomic E-state index is 0.00952. The first-order valence-corrected chi connectivity index (χ1v) is 9.35. The predicted octanol–water partition coefficient (Wildman–Crippen LogP) is -0.247. The molecule has 2 amide bonds. The van der Waals surface area contributed by atoms with Crippen LogP contribution in [-0.4, -0.2) is 61.3 Å². The molecule has 0 radical (unpaired) electrons. The Morgan fingerprint density at radius 3 is 2.67 bits per heavy atom. The quantitative estimate of drug-likeness (QED) is 0.747. The Morgan fingerprint density at radius 2 is 2.05 bits per heavy atom. The molecule has 0 aromatic carbocycles. The predicted molar refractivity (Wildman–Crippen MR) is 77.8 cm³/mol. The lowest BCUT2D eigenvalue weighted by Crippen LogP contribution is -2.46. The summed E-state index contributed by atoms with van der Waals surface area (Å²) in [5, 5.41) is 2.39. The second kappa shape index (κ2) is 5.38. The number of aromatic nitrogens is 1. The van der Waals surface area contributed by atoms with Crippen LogP contribution < -0.4 is 4.90 Å². The topological polar surface area (TPSA) is 87.7 Å². The third-order valence-electron chi connectivity index (χ3n) is 3.78. The maximum Gasteiger partial charge on any atom is 0.229 e. The number of carbonyl (C=O) groups is 2. The third-order valence-corrected chi connectivity index (χ3v) is 6.18. The van der Waals surface area contributed by atoms with Gasteiger partial charge in [0.2, 0.25) is 11.8 Å². The lowest BCUT2D eigenvalue weighted by atomic mass is 10.1. The Labute approximate surface area is 126 Å². The van der Waals surface area contributed by atoms with E-state index in [1.165, 1.54) is 16.2 Å². The van der Waals surface area contributed by atoms with E-state index in [9.17, 15) is 18.0 Å². The summed E-state index contributed by atoms with van der Waals surface area (Å²) >= 11 is 1.36. The van der Waals surface area contributed by atoms with Gasteiger partial charge in [-0.2, -0.15) is 0 Å². The summed E-state index contributed by atoms with van der Waals surface area (Å²) in [7, 11) is -3.01. The number of hydrogen-bond donors (Lipinski definition) is 0. The molecule has 0 saturated carbocycles. The highest BCUT2D eigenvalue weighted by molar-refractivity contribution is 7.91. The van der Waals surface area contributed by atoms with Crippen molar-refractivity contribution in [1.82, 2.24) is 9.88 Å². The zero-order valence-corrected chi connectivity index (χ0v) is 12.9. The van der Waals surface area contributed by atoms with Gasteiger partial charge in [-0.25, -0.2) is 13.4 Å². The molecule has 21 heavy (non-hydrogen) atoms. The van der Waals surface area contributed by atoms with Crippen molar-refractivity contribution in [3.8, 4) is 0 Å². The van der Waals surface area contributed by atoms with Crippen LogP contribution in [-0.2, 0) is 19.4 Å². The fourth-order valence-corrected chi connectivity index (χ4v) is 4.47. The fraction of sp³-hybridized carbons (Fsp3) is 0.583. The number of amides is 2. The van der Waals surface area contributed by atoms with Crippen LogP contribution in [0.25, 0.3) is 0 Å². The second-order valence-electron chi connectivity index (χ2n) is 5.20. The molecular weight excluding hydrogens is 314 g/mol. The second-order valence-corrected chi connectivity index (χ2v) is 8.37. The Bertz CT molecular complexity index is 642. The Balaban J connectivity index is 1.66. The molecule has 1 aromatic heterocycles. The summed E-state index contributed by atoms with van der Waals surface area (Å²) in [6, 6.07) is 0. The molecule has 3 heterocycles. The van der Waals surface area contributed by atoms with Crippen LogP contribution in [0, 0.1) is 5.92 Å². The van der Waals surface area contributed by atoms with E-state index in [1.807, 2.05) is 0 Å². The maximum atomic E-state index is 12.4. The van der Waals surface area contributed by atoms with E-state index in [0.717, 1.165) is 0 Å². The number of hydrogen-bond acceptors (Lipinski definition) is 6. The van der Waals surface area contributed by atoms with Crippen molar-refractivity contribution >= 4 is 38.1 Å². The largest absolute Gasteiger partial charge is 0.340 e. The van der Waals surface area contributed by atoms with Gasteiger partial charge in [0.25, 0.3) is 0 Å². The number of carbonyl (C=O) groups excluding carboxylic acids is 2. The first-order chi connectivity index (χ1) is 9.96. The molecule has 3 rings (SSSR count). The zero-order valence-electron chi connectivity index (χ0n) is 11.3. The van der Waals surface area contributed by atoms with Crippen LogP contribution in [0.15, 0.2) is 11.6 Å². The molecule has 9 heteroatoms. The molecule has 0 bridgehead atoms. The molecule has 2 aliphatic rings. The van der Waals surface area contributed by atoms with Gasteiger partial charge in [-0.3, -0.25) is 14.5 Å². The summed E-state index contributed by atoms with van der Waals surface area (Å²) < 4.78 is 22.8. The lowest BCUT2D eigenvalue weighted by Gasteiger charge is -2.28. The minimum atomic E-state index is -3.01. The number of thiazole rings is 1. The van der Waals surface area contributed by atoms with E-state index in [4.69, 9.17) is 0 Å². The van der Waals surface area contributed by atoms with E-state index >= 15 is 0 Å². The number of anilines is 1. The van der Waals surface area contributed by atoms with E-state index < -0.39 is 15.8 Å². The molecule has 2 fully saturated rings.